The first kappa shape index (κ1) is 21.5. The summed E-state index contributed by atoms with van der Waals surface area (Å²) in [5, 5.41) is 3.43. The van der Waals surface area contributed by atoms with E-state index in [0.717, 1.165) is 64.2 Å². The Hall–Kier alpha value is -0.850. The zero-order chi connectivity index (χ0) is 16.4. The predicted octanol–water partition coefficient (Wildman–Crippen LogP) is 2.48. The monoisotopic (exact) mass is 401 g/mol. The van der Waals surface area contributed by atoms with E-state index in [2.05, 4.69) is 10.2 Å². The molecule has 1 spiro atoms. The number of amides is 1. The van der Waals surface area contributed by atoms with Crippen molar-refractivity contribution in [3.05, 3.63) is 30.3 Å². The lowest BCUT2D eigenvalue weighted by molar-refractivity contribution is -0.133. The Balaban J connectivity index is 0.00000121. The average Bonchev–Trinajstić information content (AvgIpc) is 2.63. The van der Waals surface area contributed by atoms with Gasteiger partial charge in [-0.1, -0.05) is 18.2 Å². The Morgan fingerprint density at radius 1 is 1.08 bits per heavy atom. The maximum atomic E-state index is 12.7. The van der Waals surface area contributed by atoms with Crippen molar-refractivity contribution in [2.24, 2.45) is 0 Å². The van der Waals surface area contributed by atoms with Gasteiger partial charge in [0.1, 0.15) is 0 Å². The topological polar surface area (TPSA) is 44.8 Å². The molecule has 7 heteroatoms. The summed E-state index contributed by atoms with van der Waals surface area (Å²) in [5.41, 5.74) is 1.07. The molecule has 3 aliphatic rings. The number of hydrogen-bond acceptors (Lipinski definition) is 4. The van der Waals surface area contributed by atoms with Gasteiger partial charge in [0.2, 0.25) is 5.91 Å². The number of piperazine rings is 1. The van der Waals surface area contributed by atoms with E-state index in [4.69, 9.17) is 4.74 Å². The van der Waals surface area contributed by atoms with Crippen LogP contribution in [0.25, 0.3) is 0 Å². The molecular formula is C19H29Cl2N3O2. The number of piperidine rings is 1. The minimum Gasteiger partial charge on any atom is -0.375 e. The highest BCUT2D eigenvalue weighted by Crippen LogP contribution is 2.35. The van der Waals surface area contributed by atoms with E-state index in [1.807, 2.05) is 35.2 Å². The molecule has 0 radical (unpaired) electrons. The van der Waals surface area contributed by atoms with Crippen molar-refractivity contribution >= 4 is 36.4 Å². The first-order chi connectivity index (χ1) is 11.8. The van der Waals surface area contributed by atoms with Crippen molar-refractivity contribution in [3.63, 3.8) is 0 Å². The fourth-order valence-electron chi connectivity index (χ4n) is 4.43. The Labute approximate surface area is 168 Å². The minimum atomic E-state index is 0. The van der Waals surface area contributed by atoms with E-state index in [1.54, 1.807) is 0 Å². The van der Waals surface area contributed by atoms with E-state index in [1.165, 1.54) is 0 Å². The summed E-state index contributed by atoms with van der Waals surface area (Å²) in [6.45, 7) is 5.21. The van der Waals surface area contributed by atoms with Crippen LogP contribution in [0.3, 0.4) is 0 Å². The van der Waals surface area contributed by atoms with Gasteiger partial charge in [0.05, 0.1) is 12.1 Å². The molecule has 0 saturated carbocycles. The molecule has 146 valence electrons. The van der Waals surface area contributed by atoms with Gasteiger partial charge >= 0.3 is 0 Å². The van der Waals surface area contributed by atoms with Gasteiger partial charge < -0.3 is 15.0 Å². The molecule has 3 heterocycles. The molecule has 1 N–H and O–H groups in total. The van der Waals surface area contributed by atoms with Gasteiger partial charge in [-0.05, 0) is 50.9 Å². The third kappa shape index (κ3) is 4.52. The highest BCUT2D eigenvalue weighted by atomic mass is 35.5. The number of carbonyl (C=O) groups excluding carboxylic acids is 1. The standard InChI is InChI=1S/C19H27N3O2.2ClH/c23-18-15-21(11-12-22(18)16-4-2-1-3-5-16)17-6-13-24-19(14-17)7-9-20-10-8-19;;/h1-5,17,20H,6-15H2;2*1H. The van der Waals surface area contributed by atoms with Crippen molar-refractivity contribution in [3.8, 4) is 0 Å². The minimum absolute atomic E-state index is 0. The Kier molecular flexibility index (Phi) is 7.74. The summed E-state index contributed by atoms with van der Waals surface area (Å²) in [4.78, 5) is 17.0. The third-order valence-corrected chi connectivity index (χ3v) is 5.82. The van der Waals surface area contributed by atoms with Gasteiger partial charge in [-0.2, -0.15) is 0 Å². The van der Waals surface area contributed by atoms with E-state index >= 15 is 0 Å². The summed E-state index contributed by atoms with van der Waals surface area (Å²) in [6, 6.07) is 10.5. The second kappa shape index (κ2) is 9.38. The van der Waals surface area contributed by atoms with Crippen molar-refractivity contribution < 1.29 is 9.53 Å². The van der Waals surface area contributed by atoms with Crippen molar-refractivity contribution in [2.45, 2.75) is 37.3 Å². The molecule has 5 nitrogen and oxygen atoms in total. The Bertz CT molecular complexity index is 576. The molecule has 26 heavy (non-hydrogen) atoms. The molecule has 1 aromatic rings. The van der Waals surface area contributed by atoms with E-state index in [0.29, 0.717) is 12.6 Å². The molecule has 0 aliphatic carbocycles. The number of halogens is 2. The molecule has 1 atom stereocenters. The van der Waals surface area contributed by atoms with Gasteiger partial charge in [-0.25, -0.2) is 0 Å². The number of rotatable bonds is 2. The van der Waals surface area contributed by atoms with Gasteiger partial charge in [0, 0.05) is 31.4 Å². The molecular weight excluding hydrogens is 373 g/mol. The van der Waals surface area contributed by atoms with Crippen LogP contribution in [-0.4, -0.2) is 61.8 Å². The number of ether oxygens (including phenoxy) is 1. The lowest BCUT2D eigenvalue weighted by Crippen LogP contribution is -2.58. The quantitative estimate of drug-likeness (QED) is 0.826. The van der Waals surface area contributed by atoms with E-state index < -0.39 is 0 Å². The first-order valence-corrected chi connectivity index (χ1v) is 9.20. The second-order valence-electron chi connectivity index (χ2n) is 7.28. The SMILES string of the molecule is Cl.Cl.O=C1CN(C2CCOC3(CCNCC3)C2)CCN1c1ccccc1. The van der Waals surface area contributed by atoms with Crippen LogP contribution in [-0.2, 0) is 9.53 Å². The van der Waals surface area contributed by atoms with Crippen molar-refractivity contribution in [1.82, 2.24) is 10.2 Å². The second-order valence-corrected chi connectivity index (χ2v) is 7.28. The molecule has 3 aliphatic heterocycles. The largest absolute Gasteiger partial charge is 0.375 e. The van der Waals surface area contributed by atoms with Crippen LogP contribution in [0, 0.1) is 0 Å². The van der Waals surface area contributed by atoms with E-state index in [-0.39, 0.29) is 36.3 Å². The molecule has 1 aromatic carbocycles. The lowest BCUT2D eigenvalue weighted by atomic mass is 9.82. The van der Waals surface area contributed by atoms with Crippen LogP contribution in [0.1, 0.15) is 25.7 Å². The highest BCUT2D eigenvalue weighted by molar-refractivity contribution is 5.95. The van der Waals surface area contributed by atoms with Gasteiger partial charge in [-0.3, -0.25) is 9.69 Å². The van der Waals surface area contributed by atoms with E-state index in [9.17, 15) is 4.79 Å². The van der Waals surface area contributed by atoms with Crippen molar-refractivity contribution in [2.75, 3.05) is 44.2 Å². The van der Waals surface area contributed by atoms with Crippen LogP contribution < -0.4 is 10.2 Å². The number of para-hydroxylation sites is 1. The number of anilines is 1. The molecule has 0 bridgehead atoms. The van der Waals surface area contributed by atoms with Crippen LogP contribution in [0.2, 0.25) is 0 Å². The first-order valence-electron chi connectivity index (χ1n) is 9.20. The normalized spacial score (nSPS) is 26.1. The van der Waals surface area contributed by atoms with Crippen LogP contribution in [0.4, 0.5) is 5.69 Å². The van der Waals surface area contributed by atoms with Gasteiger partial charge in [-0.15, -0.1) is 24.8 Å². The zero-order valence-corrected chi connectivity index (χ0v) is 16.7. The third-order valence-electron chi connectivity index (χ3n) is 5.82. The Morgan fingerprint density at radius 3 is 2.50 bits per heavy atom. The number of nitrogens with one attached hydrogen (secondary N) is 1. The van der Waals surface area contributed by atoms with Gasteiger partial charge in [0.15, 0.2) is 0 Å². The highest BCUT2D eigenvalue weighted by Gasteiger charge is 2.41. The van der Waals surface area contributed by atoms with Crippen LogP contribution in [0.5, 0.6) is 0 Å². The van der Waals surface area contributed by atoms with Crippen LogP contribution >= 0.6 is 24.8 Å². The summed E-state index contributed by atoms with van der Waals surface area (Å²) < 4.78 is 6.18. The fourth-order valence-corrected chi connectivity index (χ4v) is 4.43. The summed E-state index contributed by atoms with van der Waals surface area (Å²) in [6.07, 6.45) is 4.32. The number of benzene rings is 1. The fraction of sp³-hybridized carbons (Fsp3) is 0.632. The van der Waals surface area contributed by atoms with Crippen molar-refractivity contribution in [1.29, 1.82) is 0 Å². The molecule has 0 aromatic heterocycles. The maximum absolute atomic E-state index is 12.7. The molecule has 3 saturated heterocycles. The molecule has 1 amide bonds. The van der Waals surface area contributed by atoms with Crippen LogP contribution in [0.15, 0.2) is 30.3 Å². The zero-order valence-electron chi connectivity index (χ0n) is 15.1. The summed E-state index contributed by atoms with van der Waals surface area (Å²) >= 11 is 0. The predicted molar refractivity (Wildman–Crippen MR) is 109 cm³/mol. The molecule has 1 unspecified atom stereocenters. The maximum Gasteiger partial charge on any atom is 0.241 e. The lowest BCUT2D eigenvalue weighted by Gasteiger charge is -2.48. The molecule has 4 rings (SSSR count). The van der Waals surface area contributed by atoms with Gasteiger partial charge in [0.25, 0.3) is 0 Å². The summed E-state index contributed by atoms with van der Waals surface area (Å²) in [5.74, 6) is 0.221. The smallest absolute Gasteiger partial charge is 0.241 e. The average molecular weight is 402 g/mol. The Morgan fingerprint density at radius 2 is 1.81 bits per heavy atom. The number of nitrogens with zero attached hydrogens (tertiary/aromatic N) is 2. The number of carbonyl (C=O) groups is 1. The molecule has 3 fully saturated rings. The number of hydrogen-bond donors (Lipinski definition) is 1. The summed E-state index contributed by atoms with van der Waals surface area (Å²) in [7, 11) is 0.